The first-order chi connectivity index (χ1) is 10.7. The Morgan fingerprint density at radius 1 is 1.09 bits per heavy atom. The van der Waals surface area contributed by atoms with Crippen LogP contribution in [0, 0.1) is 17.6 Å². The van der Waals surface area contributed by atoms with Crippen LogP contribution >= 0.6 is 11.6 Å². The van der Waals surface area contributed by atoms with Crippen LogP contribution < -0.4 is 10.1 Å². The summed E-state index contributed by atoms with van der Waals surface area (Å²) in [7, 11) is 0. The third-order valence-corrected chi connectivity index (χ3v) is 4.25. The van der Waals surface area contributed by atoms with E-state index in [0.717, 1.165) is 37.2 Å². The van der Waals surface area contributed by atoms with Crippen molar-refractivity contribution in [1.29, 1.82) is 0 Å². The van der Waals surface area contributed by atoms with Crippen molar-refractivity contribution in [3.8, 4) is 5.75 Å². The van der Waals surface area contributed by atoms with Gasteiger partial charge >= 0.3 is 0 Å². The number of nitrogens with one attached hydrogen (secondary N) is 1. The van der Waals surface area contributed by atoms with E-state index in [1.165, 1.54) is 0 Å². The van der Waals surface area contributed by atoms with Crippen molar-refractivity contribution in [3.63, 3.8) is 0 Å². The summed E-state index contributed by atoms with van der Waals surface area (Å²) in [4.78, 5) is 0. The molecule has 0 aromatic heterocycles. The Morgan fingerprint density at radius 3 is 2.50 bits per heavy atom. The topological polar surface area (TPSA) is 21.3 Å². The van der Waals surface area contributed by atoms with Crippen LogP contribution in [0.3, 0.4) is 0 Å². The van der Waals surface area contributed by atoms with Crippen molar-refractivity contribution in [2.24, 2.45) is 5.92 Å². The molecule has 1 aliphatic rings. The zero-order valence-corrected chi connectivity index (χ0v) is 12.6. The second-order valence-corrected chi connectivity index (χ2v) is 5.75. The zero-order chi connectivity index (χ0) is 15.5. The third kappa shape index (κ3) is 3.08. The largest absolute Gasteiger partial charge is 0.481 e. The van der Waals surface area contributed by atoms with Gasteiger partial charge in [0.15, 0.2) is 11.6 Å². The van der Waals surface area contributed by atoms with Gasteiger partial charge in [-0.15, -0.1) is 0 Å². The van der Waals surface area contributed by atoms with Crippen molar-refractivity contribution in [3.05, 3.63) is 64.7 Å². The smallest absolute Gasteiger partial charge is 0.177 e. The van der Waals surface area contributed by atoms with E-state index in [0.29, 0.717) is 0 Å². The molecule has 1 aliphatic heterocycles. The molecule has 2 atom stereocenters. The lowest BCUT2D eigenvalue weighted by Gasteiger charge is -2.25. The number of halogens is 3. The second-order valence-electron chi connectivity index (χ2n) is 5.37. The molecule has 22 heavy (non-hydrogen) atoms. The molecule has 2 aromatic carbocycles. The van der Waals surface area contributed by atoms with Gasteiger partial charge < -0.3 is 10.1 Å². The van der Waals surface area contributed by atoms with Gasteiger partial charge in [-0.2, -0.15) is 0 Å². The molecule has 3 rings (SSSR count). The highest BCUT2D eigenvalue weighted by Crippen LogP contribution is 2.37. The molecule has 116 valence electrons. The summed E-state index contributed by atoms with van der Waals surface area (Å²) in [6, 6.07) is 11.6. The lowest BCUT2D eigenvalue weighted by atomic mass is 9.95. The minimum absolute atomic E-state index is 0.182. The molecule has 2 nitrogen and oxygen atoms in total. The quantitative estimate of drug-likeness (QED) is 0.845. The van der Waals surface area contributed by atoms with Crippen molar-refractivity contribution in [2.75, 3.05) is 13.1 Å². The third-order valence-electron chi connectivity index (χ3n) is 3.90. The molecule has 0 aliphatic carbocycles. The summed E-state index contributed by atoms with van der Waals surface area (Å²) < 4.78 is 33.4. The monoisotopic (exact) mass is 323 g/mol. The van der Waals surface area contributed by atoms with E-state index >= 15 is 0 Å². The Labute approximate surface area is 133 Å². The van der Waals surface area contributed by atoms with Gasteiger partial charge in [-0.1, -0.05) is 41.9 Å². The molecule has 1 N–H and O–H groups in total. The van der Waals surface area contributed by atoms with Gasteiger partial charge in [-0.05, 0) is 30.7 Å². The summed E-state index contributed by atoms with van der Waals surface area (Å²) >= 11 is 5.88. The second kappa shape index (κ2) is 6.63. The summed E-state index contributed by atoms with van der Waals surface area (Å²) in [5.41, 5.74) is 0.927. The van der Waals surface area contributed by atoms with Gasteiger partial charge in [-0.3, -0.25) is 0 Å². The molecule has 2 aromatic rings. The van der Waals surface area contributed by atoms with Gasteiger partial charge in [0.2, 0.25) is 0 Å². The number of rotatable bonds is 4. The average molecular weight is 324 g/mol. The molecular weight excluding hydrogens is 308 g/mol. The molecule has 1 heterocycles. The molecule has 1 saturated heterocycles. The zero-order valence-electron chi connectivity index (χ0n) is 11.9. The number of ether oxygens (including phenoxy) is 1. The normalized spacial score (nSPS) is 19.1. The Hall–Kier alpha value is -1.65. The van der Waals surface area contributed by atoms with E-state index in [-0.39, 0.29) is 22.8 Å². The first-order valence-corrected chi connectivity index (χ1v) is 7.60. The van der Waals surface area contributed by atoms with E-state index in [2.05, 4.69) is 5.32 Å². The van der Waals surface area contributed by atoms with Crippen LogP contribution in [-0.4, -0.2) is 13.1 Å². The minimum Gasteiger partial charge on any atom is -0.481 e. The predicted octanol–water partition coefficient (Wildman–Crippen LogP) is 4.35. The highest BCUT2D eigenvalue weighted by atomic mass is 35.5. The van der Waals surface area contributed by atoms with Crippen LogP contribution in [0.25, 0.3) is 0 Å². The molecular formula is C17H16ClF2NO. The SMILES string of the molecule is Fc1ccc(F)c(O[C@H](c2ccccc2)[C@@H]2CCNC2)c1Cl. The minimum atomic E-state index is -0.686. The molecule has 0 unspecified atom stereocenters. The van der Waals surface area contributed by atoms with Crippen LogP contribution in [-0.2, 0) is 0 Å². The molecule has 0 spiro atoms. The van der Waals surface area contributed by atoms with Crippen LogP contribution in [0.2, 0.25) is 5.02 Å². The van der Waals surface area contributed by atoms with E-state index < -0.39 is 11.6 Å². The molecule has 0 amide bonds. The Kier molecular flexibility index (Phi) is 4.60. The van der Waals surface area contributed by atoms with E-state index in [1.54, 1.807) is 0 Å². The van der Waals surface area contributed by atoms with E-state index in [1.807, 2.05) is 30.3 Å². The molecule has 0 saturated carbocycles. The molecule has 1 fully saturated rings. The summed E-state index contributed by atoms with van der Waals surface area (Å²) in [5, 5.41) is 2.96. The maximum atomic E-state index is 14.0. The predicted molar refractivity (Wildman–Crippen MR) is 82.2 cm³/mol. The van der Waals surface area contributed by atoms with Crippen molar-refractivity contribution >= 4 is 11.6 Å². The summed E-state index contributed by atoms with van der Waals surface area (Å²) in [6.07, 6.45) is 0.540. The van der Waals surface area contributed by atoms with Gasteiger partial charge in [0.05, 0.1) is 0 Å². The van der Waals surface area contributed by atoms with Crippen molar-refractivity contribution in [1.82, 2.24) is 5.32 Å². The number of hydrogen-bond donors (Lipinski definition) is 1. The summed E-state index contributed by atoms with van der Waals surface area (Å²) in [5.74, 6) is -1.38. The molecule has 5 heteroatoms. The van der Waals surface area contributed by atoms with Crippen LogP contribution in [0.15, 0.2) is 42.5 Å². The Balaban J connectivity index is 1.95. The van der Waals surface area contributed by atoms with Crippen LogP contribution in [0.5, 0.6) is 5.75 Å². The fourth-order valence-corrected chi connectivity index (χ4v) is 2.96. The van der Waals surface area contributed by atoms with Crippen molar-refractivity contribution < 1.29 is 13.5 Å². The Morgan fingerprint density at radius 2 is 1.82 bits per heavy atom. The fraction of sp³-hybridized carbons (Fsp3) is 0.294. The van der Waals surface area contributed by atoms with Gasteiger partial charge in [0.1, 0.15) is 16.9 Å². The van der Waals surface area contributed by atoms with Gasteiger partial charge in [0.25, 0.3) is 0 Å². The highest BCUT2D eigenvalue weighted by molar-refractivity contribution is 6.32. The maximum absolute atomic E-state index is 14.0. The molecule has 0 bridgehead atoms. The standard InChI is InChI=1S/C17H16ClF2NO/c18-15-13(19)6-7-14(20)17(15)22-16(12-8-9-21-10-12)11-4-2-1-3-5-11/h1-7,12,16,21H,8-10H2/t12-,16-/m1/s1. The van der Waals surface area contributed by atoms with Gasteiger partial charge in [0, 0.05) is 12.5 Å². The molecule has 0 radical (unpaired) electrons. The lowest BCUT2D eigenvalue weighted by Crippen LogP contribution is -2.22. The first kappa shape index (κ1) is 15.3. The van der Waals surface area contributed by atoms with E-state index in [4.69, 9.17) is 16.3 Å². The van der Waals surface area contributed by atoms with Crippen molar-refractivity contribution in [2.45, 2.75) is 12.5 Å². The van der Waals surface area contributed by atoms with E-state index in [9.17, 15) is 8.78 Å². The Bertz CT molecular complexity index is 645. The number of hydrogen-bond acceptors (Lipinski definition) is 2. The fourth-order valence-electron chi connectivity index (χ4n) is 2.76. The highest BCUT2D eigenvalue weighted by Gasteiger charge is 2.29. The van der Waals surface area contributed by atoms with Crippen LogP contribution in [0.4, 0.5) is 8.78 Å². The first-order valence-electron chi connectivity index (χ1n) is 7.22. The number of benzene rings is 2. The lowest BCUT2D eigenvalue weighted by molar-refractivity contribution is 0.138. The summed E-state index contributed by atoms with van der Waals surface area (Å²) in [6.45, 7) is 1.66. The van der Waals surface area contributed by atoms with Gasteiger partial charge in [-0.25, -0.2) is 8.78 Å². The average Bonchev–Trinajstić information content (AvgIpc) is 3.06. The maximum Gasteiger partial charge on any atom is 0.177 e. The van der Waals surface area contributed by atoms with Crippen LogP contribution in [0.1, 0.15) is 18.1 Å².